The largest absolute Gasteiger partial charge is 0.573 e. The molecule has 11 heteroatoms. The Morgan fingerprint density at radius 1 is 0.886 bits per heavy atom. The fourth-order valence-electron chi connectivity index (χ4n) is 3.07. The predicted octanol–water partition coefficient (Wildman–Crippen LogP) is 7.34. The second-order valence-electron chi connectivity index (χ2n) is 7.11. The summed E-state index contributed by atoms with van der Waals surface area (Å²) in [5.41, 5.74) is 2.51. The summed E-state index contributed by atoms with van der Waals surface area (Å²) in [6.07, 6.45) is -3.41. The summed E-state index contributed by atoms with van der Waals surface area (Å²) < 4.78 is 40.8. The number of anilines is 3. The molecule has 0 saturated carbocycles. The maximum Gasteiger partial charge on any atom is 0.573 e. The third-order valence-electron chi connectivity index (χ3n) is 4.67. The van der Waals surface area contributed by atoms with Crippen molar-refractivity contribution in [2.45, 2.75) is 6.36 Å². The Hall–Kier alpha value is -3.82. The third kappa shape index (κ3) is 6.40. The van der Waals surface area contributed by atoms with E-state index in [1.807, 2.05) is 0 Å². The van der Waals surface area contributed by atoms with Crippen LogP contribution in [0.3, 0.4) is 0 Å². The number of amides is 1. The second kappa shape index (κ2) is 10.2. The summed E-state index contributed by atoms with van der Waals surface area (Å²) in [4.78, 5) is 21.0. The van der Waals surface area contributed by atoms with E-state index in [-0.39, 0.29) is 11.7 Å². The van der Waals surface area contributed by atoms with Crippen LogP contribution >= 0.6 is 23.2 Å². The van der Waals surface area contributed by atoms with E-state index < -0.39 is 6.36 Å². The number of hydrogen-bond donors (Lipinski definition) is 2. The van der Waals surface area contributed by atoms with E-state index in [1.54, 1.807) is 48.5 Å². The number of carbonyl (C=O) groups excluding carboxylic acids is 1. The van der Waals surface area contributed by atoms with E-state index in [1.165, 1.54) is 30.6 Å². The fourth-order valence-corrected chi connectivity index (χ4v) is 3.56. The molecule has 0 aliphatic heterocycles. The van der Waals surface area contributed by atoms with Gasteiger partial charge in [-0.3, -0.25) is 4.79 Å². The monoisotopic (exact) mass is 518 g/mol. The molecule has 4 aromatic rings. The van der Waals surface area contributed by atoms with Gasteiger partial charge in [0.2, 0.25) is 0 Å². The van der Waals surface area contributed by atoms with Crippen molar-refractivity contribution in [2.24, 2.45) is 0 Å². The highest BCUT2D eigenvalue weighted by Gasteiger charge is 2.30. The summed E-state index contributed by atoms with van der Waals surface area (Å²) in [5, 5.41) is 6.34. The molecule has 3 aromatic carbocycles. The number of aromatic nitrogens is 2. The van der Waals surface area contributed by atoms with Crippen molar-refractivity contribution < 1.29 is 22.7 Å². The number of nitrogens with one attached hydrogen (secondary N) is 2. The zero-order valence-electron chi connectivity index (χ0n) is 17.6. The zero-order valence-corrected chi connectivity index (χ0v) is 19.1. The molecular weight excluding hydrogens is 504 g/mol. The molecule has 35 heavy (non-hydrogen) atoms. The number of para-hydroxylation sites is 1. The predicted molar refractivity (Wildman–Crippen MR) is 128 cm³/mol. The first-order valence-corrected chi connectivity index (χ1v) is 10.7. The maximum absolute atomic E-state index is 12.6. The Morgan fingerprint density at radius 2 is 1.54 bits per heavy atom. The van der Waals surface area contributed by atoms with Crippen LogP contribution in [-0.4, -0.2) is 22.2 Å². The Balaban J connectivity index is 1.45. The molecule has 0 fully saturated rings. The molecule has 178 valence electrons. The first kappa shape index (κ1) is 24.3. The Kier molecular flexibility index (Phi) is 7.09. The molecule has 0 radical (unpaired) electrons. The molecule has 0 saturated heterocycles. The lowest BCUT2D eigenvalue weighted by atomic mass is 10.1. The lowest BCUT2D eigenvalue weighted by molar-refractivity contribution is -0.274. The smallest absolute Gasteiger partial charge is 0.406 e. The topological polar surface area (TPSA) is 76.1 Å². The molecule has 2 N–H and O–H groups in total. The number of halogens is 5. The highest BCUT2D eigenvalue weighted by molar-refractivity contribution is 6.40. The van der Waals surface area contributed by atoms with E-state index in [9.17, 15) is 18.0 Å². The van der Waals surface area contributed by atoms with Gasteiger partial charge in [0, 0.05) is 22.9 Å². The van der Waals surface area contributed by atoms with Crippen LogP contribution in [0.5, 0.6) is 5.75 Å². The lowest BCUT2D eigenvalue weighted by Gasteiger charge is -2.11. The standard InChI is InChI=1S/C24H15Cl2F3N4O2/c25-18-2-1-3-19(26)22(18)33-23(34)15-6-4-14(5-7-15)20-12-21(31-13-30-20)32-16-8-10-17(11-9-16)35-24(27,28)29/h1-13H,(H,33,34)(H,30,31,32). The minimum Gasteiger partial charge on any atom is -0.406 e. The molecule has 6 nitrogen and oxygen atoms in total. The van der Waals surface area contributed by atoms with Crippen molar-refractivity contribution in [1.29, 1.82) is 0 Å². The van der Waals surface area contributed by atoms with E-state index in [4.69, 9.17) is 23.2 Å². The van der Waals surface area contributed by atoms with Gasteiger partial charge in [0.15, 0.2) is 0 Å². The molecule has 0 aliphatic rings. The lowest BCUT2D eigenvalue weighted by Crippen LogP contribution is -2.16. The van der Waals surface area contributed by atoms with Crippen molar-refractivity contribution in [2.75, 3.05) is 10.6 Å². The third-order valence-corrected chi connectivity index (χ3v) is 5.30. The van der Waals surface area contributed by atoms with Crippen LogP contribution < -0.4 is 15.4 Å². The van der Waals surface area contributed by atoms with Gasteiger partial charge < -0.3 is 15.4 Å². The van der Waals surface area contributed by atoms with Crippen molar-refractivity contribution in [3.8, 4) is 17.0 Å². The number of nitrogens with zero attached hydrogens (tertiary/aromatic N) is 2. The van der Waals surface area contributed by atoms with Gasteiger partial charge in [-0.05, 0) is 48.5 Å². The van der Waals surface area contributed by atoms with Crippen LogP contribution in [0.25, 0.3) is 11.3 Å². The van der Waals surface area contributed by atoms with Crippen molar-refractivity contribution in [3.05, 3.63) is 94.7 Å². The van der Waals surface area contributed by atoms with Crippen LogP contribution in [-0.2, 0) is 0 Å². The Labute approximate surface area is 207 Å². The average molecular weight is 519 g/mol. The number of rotatable bonds is 6. The van der Waals surface area contributed by atoms with Crippen molar-refractivity contribution >= 4 is 46.3 Å². The van der Waals surface area contributed by atoms with Crippen LogP contribution in [0.2, 0.25) is 10.0 Å². The van der Waals surface area contributed by atoms with E-state index in [2.05, 4.69) is 25.3 Å². The Morgan fingerprint density at radius 3 is 2.17 bits per heavy atom. The summed E-state index contributed by atoms with van der Waals surface area (Å²) in [5.74, 6) is -0.281. The molecule has 0 unspecified atom stereocenters. The van der Waals surface area contributed by atoms with E-state index in [0.29, 0.717) is 38.5 Å². The van der Waals surface area contributed by atoms with E-state index in [0.717, 1.165) is 5.56 Å². The maximum atomic E-state index is 12.6. The van der Waals surface area contributed by atoms with Gasteiger partial charge >= 0.3 is 6.36 Å². The van der Waals surface area contributed by atoms with Gasteiger partial charge in [-0.15, -0.1) is 13.2 Å². The Bertz CT molecular complexity index is 1330. The zero-order chi connectivity index (χ0) is 25.0. The number of hydrogen-bond acceptors (Lipinski definition) is 5. The van der Waals surface area contributed by atoms with Gasteiger partial charge in [0.05, 0.1) is 21.4 Å². The number of benzene rings is 3. The van der Waals surface area contributed by atoms with Crippen LogP contribution in [0.1, 0.15) is 10.4 Å². The average Bonchev–Trinajstić information content (AvgIpc) is 2.82. The number of alkyl halides is 3. The van der Waals surface area contributed by atoms with Crippen LogP contribution in [0, 0.1) is 0 Å². The molecule has 1 heterocycles. The molecule has 0 spiro atoms. The molecule has 0 atom stereocenters. The summed E-state index contributed by atoms with van der Waals surface area (Å²) in [6.45, 7) is 0. The second-order valence-corrected chi connectivity index (χ2v) is 7.93. The van der Waals surface area contributed by atoms with Gasteiger partial charge in [0.25, 0.3) is 5.91 Å². The molecule has 0 bridgehead atoms. The highest BCUT2D eigenvalue weighted by atomic mass is 35.5. The summed E-state index contributed by atoms with van der Waals surface area (Å²) in [7, 11) is 0. The van der Waals surface area contributed by atoms with Crippen molar-refractivity contribution in [1.82, 2.24) is 9.97 Å². The molecule has 0 aliphatic carbocycles. The minimum atomic E-state index is -4.76. The molecular formula is C24H15Cl2F3N4O2. The quantitative estimate of drug-likeness (QED) is 0.279. The molecule has 4 rings (SSSR count). The van der Waals surface area contributed by atoms with Gasteiger partial charge in [0.1, 0.15) is 17.9 Å². The summed E-state index contributed by atoms with van der Waals surface area (Å²) in [6, 6.07) is 18.5. The molecule has 1 amide bonds. The van der Waals surface area contributed by atoms with Gasteiger partial charge in [-0.1, -0.05) is 41.4 Å². The SMILES string of the molecule is O=C(Nc1c(Cl)cccc1Cl)c1ccc(-c2cc(Nc3ccc(OC(F)(F)F)cc3)ncn2)cc1. The number of carbonyl (C=O) groups is 1. The first-order chi connectivity index (χ1) is 16.7. The van der Waals surface area contributed by atoms with Crippen molar-refractivity contribution in [3.63, 3.8) is 0 Å². The first-order valence-electron chi connectivity index (χ1n) is 9.98. The normalized spacial score (nSPS) is 11.1. The highest BCUT2D eigenvalue weighted by Crippen LogP contribution is 2.30. The van der Waals surface area contributed by atoms with Crippen LogP contribution in [0.15, 0.2) is 79.1 Å². The molecule has 1 aromatic heterocycles. The van der Waals surface area contributed by atoms with E-state index >= 15 is 0 Å². The van der Waals surface area contributed by atoms with Gasteiger partial charge in [-0.25, -0.2) is 9.97 Å². The summed E-state index contributed by atoms with van der Waals surface area (Å²) >= 11 is 12.2. The number of ether oxygens (including phenoxy) is 1. The fraction of sp³-hybridized carbons (Fsp3) is 0.0417. The van der Waals surface area contributed by atoms with Gasteiger partial charge in [-0.2, -0.15) is 0 Å². The van der Waals surface area contributed by atoms with Crippen LogP contribution in [0.4, 0.5) is 30.4 Å². The minimum absolute atomic E-state index is 0.325.